The van der Waals surface area contributed by atoms with Crippen LogP contribution in [-0.2, 0) is 20.9 Å². The van der Waals surface area contributed by atoms with Crippen LogP contribution < -0.4 is 9.47 Å². The van der Waals surface area contributed by atoms with E-state index in [0.717, 1.165) is 5.56 Å². The number of carbonyl (C=O) groups is 2. The van der Waals surface area contributed by atoms with Crippen LogP contribution in [0, 0.1) is 11.8 Å². The van der Waals surface area contributed by atoms with Gasteiger partial charge in [-0.25, -0.2) is 0 Å². The van der Waals surface area contributed by atoms with Gasteiger partial charge in [0.05, 0.1) is 18.6 Å². The Kier molecular flexibility index (Phi) is 2.60. The standard InChI is InChI=1S/C17H15NO6/c19-15-14-13(16(20)21)11-3-4-17(14,24-11)7-18(15)6-9-1-2-10-12(5-9)23-8-22-10/h1-5,11,13-14H,6-8H2,(H,20,21)/t11-,13-,14-,17-/m1/s1. The van der Waals surface area contributed by atoms with Crippen molar-refractivity contribution in [2.75, 3.05) is 13.3 Å². The molecule has 1 amide bonds. The third-order valence-electron chi connectivity index (χ3n) is 5.27. The number of hydrogen-bond donors (Lipinski definition) is 1. The molecule has 1 N–H and O–H groups in total. The van der Waals surface area contributed by atoms with Crippen molar-refractivity contribution in [3.05, 3.63) is 35.9 Å². The van der Waals surface area contributed by atoms with Gasteiger partial charge in [-0.15, -0.1) is 0 Å². The quantitative estimate of drug-likeness (QED) is 0.825. The van der Waals surface area contributed by atoms with E-state index in [1.807, 2.05) is 24.3 Å². The van der Waals surface area contributed by atoms with Crippen LogP contribution in [0.5, 0.6) is 11.5 Å². The molecule has 5 rings (SSSR count). The van der Waals surface area contributed by atoms with E-state index in [0.29, 0.717) is 24.6 Å². The number of likely N-dealkylation sites (tertiary alicyclic amines) is 1. The first kappa shape index (κ1) is 13.9. The average Bonchev–Trinajstić information content (AvgIpc) is 3.28. The van der Waals surface area contributed by atoms with Crippen LogP contribution in [0.2, 0.25) is 0 Å². The molecule has 24 heavy (non-hydrogen) atoms. The number of nitrogens with zero attached hydrogens (tertiary/aromatic N) is 1. The summed E-state index contributed by atoms with van der Waals surface area (Å²) in [4.78, 5) is 26.0. The fourth-order valence-corrected chi connectivity index (χ4v) is 4.25. The molecule has 2 saturated heterocycles. The second-order valence-electron chi connectivity index (χ2n) is 6.62. The molecule has 124 valence electrons. The van der Waals surface area contributed by atoms with Crippen molar-refractivity contribution in [1.29, 1.82) is 0 Å². The molecule has 2 bridgehead atoms. The number of carbonyl (C=O) groups excluding carboxylic acids is 1. The van der Waals surface area contributed by atoms with Crippen molar-refractivity contribution in [2.24, 2.45) is 11.8 Å². The molecular formula is C17H15NO6. The van der Waals surface area contributed by atoms with E-state index >= 15 is 0 Å². The lowest BCUT2D eigenvalue weighted by atomic mass is 9.77. The Morgan fingerprint density at radius 3 is 3.00 bits per heavy atom. The smallest absolute Gasteiger partial charge is 0.310 e. The van der Waals surface area contributed by atoms with Crippen LogP contribution in [0.1, 0.15) is 5.56 Å². The van der Waals surface area contributed by atoms with E-state index in [1.54, 1.807) is 11.0 Å². The number of ether oxygens (including phenoxy) is 3. The van der Waals surface area contributed by atoms with E-state index in [9.17, 15) is 14.7 Å². The van der Waals surface area contributed by atoms with Crippen LogP contribution in [-0.4, -0.2) is 46.9 Å². The van der Waals surface area contributed by atoms with E-state index < -0.39 is 29.5 Å². The Hall–Kier alpha value is -2.54. The number of benzene rings is 1. The largest absolute Gasteiger partial charge is 0.481 e. The molecule has 1 aromatic carbocycles. The molecule has 4 aliphatic rings. The number of carboxylic acid groups (broad SMARTS) is 1. The highest BCUT2D eigenvalue weighted by Crippen LogP contribution is 2.52. The lowest BCUT2D eigenvalue weighted by Gasteiger charge is -2.21. The van der Waals surface area contributed by atoms with Crippen molar-refractivity contribution in [3.8, 4) is 11.5 Å². The molecule has 7 heteroatoms. The van der Waals surface area contributed by atoms with Crippen molar-refractivity contribution in [1.82, 2.24) is 4.90 Å². The lowest BCUT2D eigenvalue weighted by Crippen LogP contribution is -2.39. The van der Waals surface area contributed by atoms with Crippen LogP contribution in [0.25, 0.3) is 0 Å². The molecule has 2 fully saturated rings. The molecule has 1 aromatic rings. The van der Waals surface area contributed by atoms with Crippen LogP contribution in [0.15, 0.2) is 30.4 Å². The summed E-state index contributed by atoms with van der Waals surface area (Å²) in [5.74, 6) is -1.22. The van der Waals surface area contributed by atoms with Gasteiger partial charge >= 0.3 is 5.97 Å². The maximum Gasteiger partial charge on any atom is 0.310 e. The van der Waals surface area contributed by atoms with E-state index in [4.69, 9.17) is 14.2 Å². The molecular weight excluding hydrogens is 314 g/mol. The molecule has 0 radical (unpaired) electrons. The summed E-state index contributed by atoms with van der Waals surface area (Å²) in [6.07, 6.45) is 3.13. The van der Waals surface area contributed by atoms with Crippen molar-refractivity contribution < 1.29 is 28.9 Å². The number of fused-ring (bicyclic) bond motifs is 2. The summed E-state index contributed by atoms with van der Waals surface area (Å²) in [6, 6.07) is 5.55. The molecule has 0 aliphatic carbocycles. The topological polar surface area (TPSA) is 85.3 Å². The summed E-state index contributed by atoms with van der Waals surface area (Å²) < 4.78 is 16.5. The van der Waals surface area contributed by atoms with Crippen molar-refractivity contribution >= 4 is 11.9 Å². The SMILES string of the molecule is O=C(O)[C@@H]1[C@H]2C=C[C@]3(CN(Cc4ccc5c(c4)OCO5)C(=O)[C@@H]13)O2. The lowest BCUT2D eigenvalue weighted by molar-refractivity contribution is -0.148. The Labute approximate surface area is 137 Å². The highest BCUT2D eigenvalue weighted by Gasteiger charge is 2.66. The number of amides is 1. The van der Waals surface area contributed by atoms with Gasteiger partial charge in [0.2, 0.25) is 12.7 Å². The molecule has 1 spiro atoms. The normalized spacial score (nSPS) is 34.9. The van der Waals surface area contributed by atoms with Gasteiger partial charge in [0.25, 0.3) is 0 Å². The van der Waals surface area contributed by atoms with Gasteiger partial charge < -0.3 is 24.2 Å². The summed E-state index contributed by atoms with van der Waals surface area (Å²) in [6.45, 7) is 0.969. The first-order valence-electron chi connectivity index (χ1n) is 7.85. The zero-order chi connectivity index (χ0) is 16.5. The number of carboxylic acids is 1. The fraction of sp³-hybridized carbons (Fsp3) is 0.412. The second-order valence-corrected chi connectivity index (χ2v) is 6.62. The van der Waals surface area contributed by atoms with Crippen molar-refractivity contribution in [3.63, 3.8) is 0 Å². The van der Waals surface area contributed by atoms with Gasteiger partial charge in [0.1, 0.15) is 11.5 Å². The van der Waals surface area contributed by atoms with Crippen molar-refractivity contribution in [2.45, 2.75) is 18.2 Å². The van der Waals surface area contributed by atoms with Gasteiger partial charge in [-0.05, 0) is 17.7 Å². The van der Waals surface area contributed by atoms with E-state index in [1.165, 1.54) is 0 Å². The molecule has 4 aliphatic heterocycles. The summed E-state index contributed by atoms with van der Waals surface area (Å²) >= 11 is 0. The highest BCUT2D eigenvalue weighted by molar-refractivity contribution is 5.90. The molecule has 0 unspecified atom stereocenters. The molecule has 0 aromatic heterocycles. The number of hydrogen-bond acceptors (Lipinski definition) is 5. The molecule has 4 atom stereocenters. The Bertz CT molecular complexity index is 789. The zero-order valence-corrected chi connectivity index (χ0v) is 12.7. The van der Waals surface area contributed by atoms with Gasteiger partial charge in [0.15, 0.2) is 11.5 Å². The second kappa shape index (κ2) is 4.51. The minimum absolute atomic E-state index is 0.160. The maximum atomic E-state index is 12.8. The van der Waals surface area contributed by atoms with Gasteiger partial charge in [-0.2, -0.15) is 0 Å². The first-order chi connectivity index (χ1) is 11.6. The third kappa shape index (κ3) is 1.70. The summed E-state index contributed by atoms with van der Waals surface area (Å²) in [7, 11) is 0. The number of aliphatic carboxylic acids is 1. The van der Waals surface area contributed by atoms with Gasteiger partial charge in [-0.3, -0.25) is 9.59 Å². The fourth-order valence-electron chi connectivity index (χ4n) is 4.25. The monoisotopic (exact) mass is 329 g/mol. The van der Waals surface area contributed by atoms with Crippen LogP contribution >= 0.6 is 0 Å². The molecule has 4 heterocycles. The maximum absolute atomic E-state index is 12.8. The van der Waals surface area contributed by atoms with Gasteiger partial charge in [-0.1, -0.05) is 18.2 Å². The number of rotatable bonds is 3. The Morgan fingerprint density at radius 1 is 1.33 bits per heavy atom. The predicted octanol–water partition coefficient (Wildman–Crippen LogP) is 0.782. The summed E-state index contributed by atoms with van der Waals surface area (Å²) in [5, 5.41) is 9.46. The predicted molar refractivity (Wildman–Crippen MR) is 79.3 cm³/mol. The third-order valence-corrected chi connectivity index (χ3v) is 5.27. The minimum Gasteiger partial charge on any atom is -0.481 e. The van der Waals surface area contributed by atoms with Gasteiger partial charge in [0, 0.05) is 6.54 Å². The highest BCUT2D eigenvalue weighted by atomic mass is 16.7. The van der Waals surface area contributed by atoms with Crippen LogP contribution in [0.3, 0.4) is 0 Å². The molecule has 7 nitrogen and oxygen atoms in total. The minimum atomic E-state index is -0.977. The van der Waals surface area contributed by atoms with Crippen LogP contribution in [0.4, 0.5) is 0 Å². The average molecular weight is 329 g/mol. The Morgan fingerprint density at radius 2 is 2.17 bits per heavy atom. The first-order valence-corrected chi connectivity index (χ1v) is 7.85. The van der Waals surface area contributed by atoms with E-state index in [-0.39, 0.29) is 12.7 Å². The van der Waals surface area contributed by atoms with E-state index in [2.05, 4.69) is 0 Å². The summed E-state index contributed by atoms with van der Waals surface area (Å²) in [5.41, 5.74) is 0.121. The molecule has 0 saturated carbocycles. The Balaban J connectivity index is 1.42. The zero-order valence-electron chi connectivity index (χ0n) is 12.7.